The lowest BCUT2D eigenvalue weighted by Crippen LogP contribution is -2.22. The van der Waals surface area contributed by atoms with Crippen molar-refractivity contribution in [1.29, 1.82) is 0 Å². The van der Waals surface area contributed by atoms with Gasteiger partial charge in [-0.2, -0.15) is 0 Å². The van der Waals surface area contributed by atoms with Crippen molar-refractivity contribution >= 4 is 7.32 Å². The molecule has 0 saturated carbocycles. The molecule has 0 radical (unpaired) electrons. The highest BCUT2D eigenvalue weighted by Crippen LogP contribution is 2.37. The van der Waals surface area contributed by atoms with Crippen LogP contribution in [-0.2, 0) is 19.3 Å². The summed E-state index contributed by atoms with van der Waals surface area (Å²) in [6.07, 6.45) is 14.3. The molecule has 1 aromatic carbocycles. The van der Waals surface area contributed by atoms with Gasteiger partial charge in [0, 0.05) is 16.7 Å². The summed E-state index contributed by atoms with van der Waals surface area (Å²) in [4.78, 5) is 0. The highest BCUT2D eigenvalue weighted by molar-refractivity contribution is 6.33. The zero-order chi connectivity index (χ0) is 20.8. The molecular weight excluding hydrogens is 351 g/mol. The largest absolute Gasteiger partial charge is 0.707 e. The lowest BCUT2D eigenvalue weighted by molar-refractivity contribution is 0.283. The summed E-state index contributed by atoms with van der Waals surface area (Å²) in [5.41, 5.74) is 2.71. The van der Waals surface area contributed by atoms with Crippen LogP contribution < -0.4 is 9.39 Å². The molecule has 0 fully saturated rings. The summed E-state index contributed by atoms with van der Waals surface area (Å²) in [5, 5.41) is 18.6. The van der Waals surface area contributed by atoms with Gasteiger partial charge in [-0.25, -0.2) is 0 Å². The molecule has 0 heterocycles. The molecule has 0 bridgehead atoms. The number of benzene rings is 1. The van der Waals surface area contributed by atoms with Gasteiger partial charge in [0.25, 0.3) is 0 Å². The summed E-state index contributed by atoms with van der Waals surface area (Å²) >= 11 is 0. The van der Waals surface area contributed by atoms with Crippen molar-refractivity contribution in [3.63, 3.8) is 0 Å². The maximum atomic E-state index is 9.31. The summed E-state index contributed by atoms with van der Waals surface area (Å²) in [5.74, 6) is 1.25. The number of hydrogen-bond acceptors (Lipinski definition) is 4. The Morgan fingerprint density at radius 2 is 1.50 bits per heavy atom. The highest BCUT2D eigenvalue weighted by Gasteiger charge is 2.21. The van der Waals surface area contributed by atoms with Crippen LogP contribution in [0, 0.1) is 0 Å². The van der Waals surface area contributed by atoms with E-state index >= 15 is 0 Å². The van der Waals surface area contributed by atoms with Crippen LogP contribution in [0.4, 0.5) is 0 Å². The van der Waals surface area contributed by atoms with E-state index in [0.717, 1.165) is 35.3 Å². The average Bonchev–Trinajstić information content (AvgIpc) is 2.65. The van der Waals surface area contributed by atoms with Gasteiger partial charge in [0.15, 0.2) is 0 Å². The minimum Gasteiger partial charge on any atom is -0.512 e. The molecule has 0 aliphatic heterocycles. The maximum absolute atomic E-state index is 9.31. The van der Waals surface area contributed by atoms with Gasteiger partial charge in [0.05, 0.1) is 6.61 Å². The van der Waals surface area contributed by atoms with Gasteiger partial charge in [-0.1, -0.05) is 57.3 Å². The third-order valence-electron chi connectivity index (χ3n) is 4.57. The third-order valence-corrected chi connectivity index (χ3v) is 4.57. The van der Waals surface area contributed by atoms with Crippen molar-refractivity contribution in [3.8, 4) is 11.5 Å². The van der Waals surface area contributed by atoms with Crippen molar-refractivity contribution < 1.29 is 19.4 Å². The molecule has 0 aliphatic rings. The lowest BCUT2D eigenvalue weighted by atomic mass is 9.94. The van der Waals surface area contributed by atoms with Crippen LogP contribution in [0.15, 0.2) is 44.0 Å². The third kappa shape index (κ3) is 7.95. The average molecular weight is 386 g/mol. The molecular formula is C23H35BO4. The first-order valence-corrected chi connectivity index (χ1v) is 10.2. The van der Waals surface area contributed by atoms with Gasteiger partial charge in [0.1, 0.15) is 11.5 Å². The summed E-state index contributed by atoms with van der Waals surface area (Å²) in [6.45, 7) is 14.4. The molecule has 0 aliphatic carbocycles. The Labute approximate surface area is 170 Å². The van der Waals surface area contributed by atoms with Crippen LogP contribution in [0.2, 0.25) is 0 Å². The normalized spacial score (nSPS) is 10.4. The van der Waals surface area contributed by atoms with Crippen LogP contribution in [0.3, 0.4) is 0 Å². The second kappa shape index (κ2) is 14.1. The van der Waals surface area contributed by atoms with Crippen molar-refractivity contribution in [1.82, 2.24) is 0 Å². The minimum atomic E-state index is -1.88. The molecule has 0 unspecified atom stereocenters. The predicted octanol–water partition coefficient (Wildman–Crippen LogP) is 4.96. The van der Waals surface area contributed by atoms with Crippen LogP contribution in [0.5, 0.6) is 11.5 Å². The molecule has 154 valence electrons. The molecule has 0 atom stereocenters. The first kappa shape index (κ1) is 24.1. The number of hydrogen-bond donors (Lipinski definition) is 2. The van der Waals surface area contributed by atoms with E-state index in [0.29, 0.717) is 31.6 Å². The fourth-order valence-corrected chi connectivity index (χ4v) is 3.28. The minimum absolute atomic E-state index is 0.426. The van der Waals surface area contributed by atoms with Crippen molar-refractivity contribution in [2.24, 2.45) is 0 Å². The molecule has 0 saturated heterocycles. The molecule has 0 aromatic heterocycles. The Kier molecular flexibility index (Phi) is 12.1. The number of rotatable bonds is 16. The van der Waals surface area contributed by atoms with E-state index in [4.69, 9.17) is 9.39 Å². The van der Waals surface area contributed by atoms with Crippen LogP contribution in [0.25, 0.3) is 0 Å². The Morgan fingerprint density at radius 1 is 0.893 bits per heavy atom. The van der Waals surface area contributed by atoms with Crippen LogP contribution >= 0.6 is 0 Å². The molecule has 5 heteroatoms. The first-order valence-electron chi connectivity index (χ1n) is 10.2. The summed E-state index contributed by atoms with van der Waals surface area (Å²) in [7, 11) is -1.88. The van der Waals surface area contributed by atoms with E-state index in [1.165, 1.54) is 25.7 Å². The number of allylic oxidation sites excluding steroid dienone is 3. The van der Waals surface area contributed by atoms with E-state index in [-0.39, 0.29) is 0 Å². The molecule has 0 spiro atoms. The highest BCUT2D eigenvalue weighted by atomic mass is 16.6. The Balaban J connectivity index is 3.11. The van der Waals surface area contributed by atoms with E-state index in [1.807, 2.05) is 12.1 Å². The summed E-state index contributed by atoms with van der Waals surface area (Å²) in [6, 6.07) is 1.81. The van der Waals surface area contributed by atoms with Gasteiger partial charge in [0.2, 0.25) is 0 Å². The quantitative estimate of drug-likeness (QED) is 0.240. The van der Waals surface area contributed by atoms with Crippen LogP contribution in [0.1, 0.15) is 62.1 Å². The SMILES string of the molecule is C=CCc1cc(OB(O)O)c(CC=C)c(CC=C)c1OCCCCCCCC. The van der Waals surface area contributed by atoms with E-state index in [2.05, 4.69) is 26.7 Å². The van der Waals surface area contributed by atoms with Crippen LogP contribution in [-0.4, -0.2) is 24.0 Å². The maximum Gasteiger partial charge on any atom is 0.707 e. The van der Waals surface area contributed by atoms with Crippen molar-refractivity contribution in [3.05, 3.63) is 60.7 Å². The smallest absolute Gasteiger partial charge is 0.512 e. The van der Waals surface area contributed by atoms with Crippen molar-refractivity contribution in [2.75, 3.05) is 6.61 Å². The van der Waals surface area contributed by atoms with E-state index in [9.17, 15) is 10.0 Å². The number of unbranched alkanes of at least 4 members (excludes halogenated alkanes) is 5. The summed E-state index contributed by atoms with van der Waals surface area (Å²) < 4.78 is 11.5. The fourth-order valence-electron chi connectivity index (χ4n) is 3.28. The van der Waals surface area contributed by atoms with Gasteiger partial charge in [-0.3, -0.25) is 0 Å². The molecule has 0 amide bonds. The first-order chi connectivity index (χ1) is 13.6. The van der Waals surface area contributed by atoms with Gasteiger partial charge < -0.3 is 19.4 Å². The molecule has 28 heavy (non-hydrogen) atoms. The van der Waals surface area contributed by atoms with Gasteiger partial charge >= 0.3 is 7.32 Å². The molecule has 1 aromatic rings. The second-order valence-electron chi connectivity index (χ2n) is 6.86. The molecule has 4 nitrogen and oxygen atoms in total. The Bertz CT molecular complexity index is 626. The fraction of sp³-hybridized carbons (Fsp3) is 0.478. The molecule has 1 rings (SSSR count). The van der Waals surface area contributed by atoms with Crippen molar-refractivity contribution in [2.45, 2.75) is 64.7 Å². The topological polar surface area (TPSA) is 58.9 Å². The lowest BCUT2D eigenvalue weighted by Gasteiger charge is -2.22. The zero-order valence-electron chi connectivity index (χ0n) is 17.3. The Hall–Kier alpha value is -1.98. The van der Waals surface area contributed by atoms with Gasteiger partial charge in [-0.05, 0) is 31.7 Å². The standard InChI is InChI=1S/C23H35BO4/c1-5-9-10-11-12-13-17-27-23-19(14-6-2)18-22(28-24(25)26)20(15-7-3)21(23)16-8-4/h6-8,18,25-26H,2-5,9-17H2,1H3. The Morgan fingerprint density at radius 3 is 2.11 bits per heavy atom. The predicted molar refractivity (Wildman–Crippen MR) is 118 cm³/mol. The van der Waals surface area contributed by atoms with E-state index in [1.54, 1.807) is 12.2 Å². The van der Waals surface area contributed by atoms with E-state index < -0.39 is 7.32 Å². The van der Waals surface area contributed by atoms with Gasteiger partial charge in [-0.15, -0.1) is 19.7 Å². The number of ether oxygens (including phenoxy) is 1. The molecule has 2 N–H and O–H groups in total. The monoisotopic (exact) mass is 386 g/mol. The second-order valence-corrected chi connectivity index (χ2v) is 6.86. The zero-order valence-corrected chi connectivity index (χ0v) is 17.3.